The summed E-state index contributed by atoms with van der Waals surface area (Å²) in [6.07, 6.45) is 9.86. The maximum Gasteiger partial charge on any atom is 0.254 e. The monoisotopic (exact) mass is 808 g/mol. The summed E-state index contributed by atoms with van der Waals surface area (Å²) in [6, 6.07) is 16.8. The second-order valence-corrected chi connectivity index (χ2v) is 16.1. The number of ether oxygens (including phenoxy) is 5. The van der Waals surface area contributed by atoms with Crippen LogP contribution in [0.1, 0.15) is 98.2 Å². The number of aliphatic hydroxyl groups is 2. The van der Waals surface area contributed by atoms with Gasteiger partial charge in [-0.2, -0.15) is 0 Å². The molecule has 0 bridgehead atoms. The van der Waals surface area contributed by atoms with E-state index in [4.69, 9.17) is 33.7 Å². The summed E-state index contributed by atoms with van der Waals surface area (Å²) in [5, 5.41) is 24.7. The molecule has 1 saturated carbocycles. The third-order valence-electron chi connectivity index (χ3n) is 12.4. The number of oxime groups is 1. The summed E-state index contributed by atoms with van der Waals surface area (Å²) >= 11 is 0. The van der Waals surface area contributed by atoms with Crippen LogP contribution in [0.15, 0.2) is 84.1 Å². The van der Waals surface area contributed by atoms with Crippen molar-refractivity contribution in [3.8, 4) is 28.7 Å². The van der Waals surface area contributed by atoms with Crippen molar-refractivity contribution in [2.45, 2.75) is 96.8 Å². The molecule has 2 aliphatic heterocycles. The zero-order valence-corrected chi connectivity index (χ0v) is 35.0. The van der Waals surface area contributed by atoms with Crippen LogP contribution < -0.4 is 18.9 Å². The SMILES string of the molecule is C=CCO[C@@]12Oc3ccc(Oc4ccc(C)c(C)c4)cc3[C@H]3[C@H](CCCCO)[C@@H](CCCCO)C=C(C(=NOCC)C[C@@H]1N(CCC)C(=O)c1ccc4c(c1)OCO4)[C@H]32. The summed E-state index contributed by atoms with van der Waals surface area (Å²) in [5.41, 5.74) is 5.57. The molecule has 59 heavy (non-hydrogen) atoms. The highest BCUT2D eigenvalue weighted by atomic mass is 16.7. The Hall–Kier alpha value is -4.84. The Bertz CT molecular complexity index is 2030. The molecule has 1 amide bonds. The zero-order valence-electron chi connectivity index (χ0n) is 35.0. The van der Waals surface area contributed by atoms with Crippen LogP contribution in [-0.2, 0) is 9.57 Å². The van der Waals surface area contributed by atoms with Crippen molar-refractivity contribution < 1.29 is 43.5 Å². The number of fused-ring (bicyclic) bond motifs is 3. The van der Waals surface area contributed by atoms with Crippen molar-refractivity contribution in [3.05, 3.63) is 101 Å². The number of benzene rings is 3. The Kier molecular flexibility index (Phi) is 13.6. The maximum atomic E-state index is 15.0. The molecule has 1 fully saturated rings. The molecule has 2 aliphatic carbocycles. The Morgan fingerprint density at radius 2 is 1.68 bits per heavy atom. The van der Waals surface area contributed by atoms with Crippen molar-refractivity contribution in [1.82, 2.24) is 4.90 Å². The first-order chi connectivity index (χ1) is 28.8. The predicted molar refractivity (Wildman–Crippen MR) is 226 cm³/mol. The van der Waals surface area contributed by atoms with Gasteiger partial charge in [0.25, 0.3) is 5.91 Å². The molecule has 4 aliphatic rings. The molecule has 3 aromatic carbocycles. The lowest BCUT2D eigenvalue weighted by Crippen LogP contribution is -2.70. The molecule has 316 valence electrons. The van der Waals surface area contributed by atoms with Gasteiger partial charge >= 0.3 is 0 Å². The van der Waals surface area contributed by atoms with Gasteiger partial charge in [0.2, 0.25) is 12.6 Å². The highest BCUT2D eigenvalue weighted by Crippen LogP contribution is 2.62. The van der Waals surface area contributed by atoms with E-state index < -0.39 is 17.7 Å². The van der Waals surface area contributed by atoms with Gasteiger partial charge in [-0.05, 0) is 130 Å². The predicted octanol–water partition coefficient (Wildman–Crippen LogP) is 9.03. The lowest BCUT2D eigenvalue weighted by Gasteiger charge is -2.60. The normalized spacial score (nSPS) is 24.4. The molecule has 11 heteroatoms. The number of allylic oxidation sites excluding steroid dienone is 1. The largest absolute Gasteiger partial charge is 0.459 e. The smallest absolute Gasteiger partial charge is 0.254 e. The molecule has 3 aromatic rings. The standard InChI is InChI=1S/C48H60N2O9/c1-6-21-50(47(53)34-16-19-42-43(27-34)55-30-54-42)44-29-40(49-57-8-3)38-26-33(13-9-11-22-51)37(14-10-12-23-52)45-39-28-36(58-35-17-15-31(4)32(5)25-35)18-20-41(39)59-48(44,46(38)45)56-24-7-2/h7,15-20,25-28,33,37,44-46,51-52H,2,6,8-14,21-24,29-30H2,1,3-5H3/t33-,37+,44-,45+,46+,48+/m0/s1. The molecular weight excluding hydrogens is 749 g/mol. The number of hydrogen-bond acceptors (Lipinski definition) is 10. The van der Waals surface area contributed by atoms with Crippen molar-refractivity contribution >= 4 is 11.6 Å². The van der Waals surface area contributed by atoms with Gasteiger partial charge in [-0.3, -0.25) is 4.79 Å². The summed E-state index contributed by atoms with van der Waals surface area (Å²) in [7, 11) is 0. The molecule has 0 saturated heterocycles. The fraction of sp³-hybridized carbons (Fsp3) is 0.500. The summed E-state index contributed by atoms with van der Waals surface area (Å²) in [4.78, 5) is 22.8. The number of aryl methyl sites for hydroxylation is 2. The molecule has 11 nitrogen and oxygen atoms in total. The molecule has 2 N–H and O–H groups in total. The highest BCUT2D eigenvalue weighted by molar-refractivity contribution is 6.03. The second-order valence-electron chi connectivity index (χ2n) is 16.1. The van der Waals surface area contributed by atoms with E-state index in [1.807, 2.05) is 30.0 Å². The lowest BCUT2D eigenvalue weighted by molar-refractivity contribution is -0.254. The number of rotatable bonds is 19. The van der Waals surface area contributed by atoms with Crippen LogP contribution in [0.25, 0.3) is 0 Å². The van der Waals surface area contributed by atoms with E-state index in [-0.39, 0.29) is 50.3 Å². The number of hydrogen-bond donors (Lipinski definition) is 2. The number of carbonyl (C=O) groups excluding carboxylic acids is 1. The second kappa shape index (κ2) is 19.0. The molecule has 7 rings (SSSR count). The fourth-order valence-electron chi connectivity index (χ4n) is 9.60. The lowest BCUT2D eigenvalue weighted by atomic mass is 9.55. The van der Waals surface area contributed by atoms with E-state index in [0.29, 0.717) is 67.4 Å². The molecule has 0 spiro atoms. The van der Waals surface area contributed by atoms with Gasteiger partial charge in [-0.1, -0.05) is 43.1 Å². The van der Waals surface area contributed by atoms with Crippen LogP contribution in [-0.4, -0.2) is 78.3 Å². The molecule has 0 radical (unpaired) electrons. The molecule has 0 aromatic heterocycles. The Labute approximate surface area is 348 Å². The fourth-order valence-corrected chi connectivity index (χ4v) is 9.60. The molecule has 0 unspecified atom stereocenters. The molecule has 2 heterocycles. The van der Waals surface area contributed by atoms with Crippen LogP contribution in [0.3, 0.4) is 0 Å². The van der Waals surface area contributed by atoms with E-state index in [2.05, 4.69) is 51.6 Å². The van der Waals surface area contributed by atoms with Gasteiger partial charge in [-0.15, -0.1) is 6.58 Å². The van der Waals surface area contributed by atoms with Crippen molar-refractivity contribution in [2.24, 2.45) is 22.9 Å². The molecular formula is C48H60N2O9. The van der Waals surface area contributed by atoms with E-state index in [0.717, 1.165) is 53.8 Å². The number of carbonyl (C=O) groups is 1. The Morgan fingerprint density at radius 3 is 2.42 bits per heavy atom. The van der Waals surface area contributed by atoms with E-state index in [9.17, 15) is 15.0 Å². The van der Waals surface area contributed by atoms with Gasteiger partial charge in [0.15, 0.2) is 11.5 Å². The van der Waals surface area contributed by atoms with Crippen LogP contribution in [0, 0.1) is 31.6 Å². The first kappa shape index (κ1) is 42.3. The first-order valence-electron chi connectivity index (χ1n) is 21.4. The third kappa shape index (κ3) is 8.60. The number of nitrogens with zero attached hydrogens (tertiary/aromatic N) is 2. The zero-order chi connectivity index (χ0) is 41.5. The van der Waals surface area contributed by atoms with Gasteiger partial charge in [0.1, 0.15) is 29.9 Å². The minimum atomic E-state index is -1.36. The summed E-state index contributed by atoms with van der Waals surface area (Å²) in [5.74, 6) is 1.35. The molecule has 6 atom stereocenters. The Balaban J connectivity index is 1.43. The number of aliphatic hydroxyl groups excluding tert-OH is 2. The Morgan fingerprint density at radius 1 is 0.932 bits per heavy atom. The average molecular weight is 809 g/mol. The minimum absolute atomic E-state index is 0.0940. The van der Waals surface area contributed by atoms with Crippen LogP contribution in [0.4, 0.5) is 0 Å². The highest BCUT2D eigenvalue weighted by Gasteiger charge is 2.65. The van der Waals surface area contributed by atoms with Gasteiger partial charge < -0.3 is 43.6 Å². The maximum absolute atomic E-state index is 15.0. The number of unbranched alkanes of at least 4 members (excludes halogenated alkanes) is 2. The average Bonchev–Trinajstić information content (AvgIpc) is 3.72. The van der Waals surface area contributed by atoms with Crippen LogP contribution >= 0.6 is 0 Å². The summed E-state index contributed by atoms with van der Waals surface area (Å²) in [6.45, 7) is 13.5. The van der Waals surface area contributed by atoms with Gasteiger partial charge in [0.05, 0.1) is 18.2 Å². The first-order valence-corrected chi connectivity index (χ1v) is 21.4. The quantitative estimate of drug-likeness (QED) is 0.0693. The van der Waals surface area contributed by atoms with Gasteiger partial charge in [0, 0.05) is 43.2 Å². The topological polar surface area (TPSA) is 129 Å². The van der Waals surface area contributed by atoms with Gasteiger partial charge in [-0.25, -0.2) is 0 Å². The van der Waals surface area contributed by atoms with Crippen molar-refractivity contribution in [2.75, 3.05) is 39.8 Å². The van der Waals surface area contributed by atoms with Crippen molar-refractivity contribution in [1.29, 1.82) is 0 Å². The third-order valence-corrected chi connectivity index (χ3v) is 12.4. The van der Waals surface area contributed by atoms with Crippen LogP contribution in [0.2, 0.25) is 0 Å². The van der Waals surface area contributed by atoms with Crippen LogP contribution in [0.5, 0.6) is 28.7 Å². The van der Waals surface area contributed by atoms with E-state index in [1.54, 1.807) is 24.3 Å². The summed E-state index contributed by atoms with van der Waals surface area (Å²) < 4.78 is 32.4. The van der Waals surface area contributed by atoms with Crippen molar-refractivity contribution in [3.63, 3.8) is 0 Å². The van der Waals surface area contributed by atoms with E-state index in [1.165, 1.54) is 5.56 Å². The minimum Gasteiger partial charge on any atom is -0.459 e. The van der Waals surface area contributed by atoms with E-state index >= 15 is 0 Å². The number of amides is 1.